The fourth-order valence-electron chi connectivity index (χ4n) is 1.02. The highest BCUT2D eigenvalue weighted by Crippen LogP contribution is 2.22. The molecule has 0 aliphatic rings. The number of nitrogens with zero attached hydrogens (tertiary/aromatic N) is 1. The van der Waals surface area contributed by atoms with Gasteiger partial charge in [-0.05, 0) is 13.3 Å². The van der Waals surface area contributed by atoms with Gasteiger partial charge < -0.3 is 5.73 Å². The van der Waals surface area contributed by atoms with Crippen LogP contribution in [0.2, 0.25) is 0 Å². The predicted molar refractivity (Wildman–Crippen MR) is 55.4 cm³/mol. The first kappa shape index (κ1) is 15.7. The number of hydrogen-bond donors (Lipinski definition) is 1. The Morgan fingerprint density at radius 3 is 2.25 bits per heavy atom. The average Bonchev–Trinajstić information content (AvgIpc) is 2.13. The van der Waals surface area contributed by atoms with E-state index in [9.17, 15) is 21.6 Å². The molecule has 0 aromatic heterocycles. The molecule has 8 heteroatoms. The fourth-order valence-corrected chi connectivity index (χ4v) is 2.45. The molecule has 0 aromatic carbocycles. The zero-order chi connectivity index (χ0) is 13.0. The van der Waals surface area contributed by atoms with Crippen LogP contribution in [-0.2, 0) is 10.0 Å². The molecule has 0 saturated carbocycles. The molecule has 0 aliphatic carbocycles. The van der Waals surface area contributed by atoms with E-state index in [0.29, 0.717) is 0 Å². The molecular weight excluding hydrogens is 245 g/mol. The third-order valence-corrected chi connectivity index (χ3v) is 4.31. The van der Waals surface area contributed by atoms with E-state index in [1.165, 1.54) is 7.05 Å². The van der Waals surface area contributed by atoms with Gasteiger partial charge in [-0.2, -0.15) is 13.2 Å². The number of halogens is 3. The summed E-state index contributed by atoms with van der Waals surface area (Å²) in [5, 5.41) is 0. The van der Waals surface area contributed by atoms with Crippen LogP contribution in [0.5, 0.6) is 0 Å². The molecule has 2 N–H and O–H groups in total. The molecule has 0 fully saturated rings. The molecule has 0 saturated heterocycles. The monoisotopic (exact) mass is 262 g/mol. The van der Waals surface area contributed by atoms with Gasteiger partial charge in [0, 0.05) is 26.1 Å². The molecule has 0 heterocycles. The van der Waals surface area contributed by atoms with Crippen LogP contribution in [0.15, 0.2) is 0 Å². The van der Waals surface area contributed by atoms with Gasteiger partial charge in [-0.3, -0.25) is 0 Å². The van der Waals surface area contributed by atoms with Crippen molar-refractivity contribution in [2.75, 3.05) is 19.3 Å². The van der Waals surface area contributed by atoms with Gasteiger partial charge in [0.15, 0.2) is 0 Å². The lowest BCUT2D eigenvalue weighted by Gasteiger charge is -2.23. The number of hydrogen-bond acceptors (Lipinski definition) is 3. The van der Waals surface area contributed by atoms with Crippen LogP contribution in [0.4, 0.5) is 13.2 Å². The lowest BCUT2D eigenvalue weighted by molar-refractivity contribution is -0.134. The number of sulfonamides is 1. The molecular formula is C8H17F3N2O2S. The topological polar surface area (TPSA) is 63.4 Å². The van der Waals surface area contributed by atoms with Crippen molar-refractivity contribution in [3.05, 3.63) is 0 Å². The van der Waals surface area contributed by atoms with E-state index in [1.54, 1.807) is 6.92 Å². The van der Waals surface area contributed by atoms with Gasteiger partial charge >= 0.3 is 6.18 Å². The Morgan fingerprint density at radius 2 is 1.88 bits per heavy atom. The Labute approximate surface area is 93.7 Å². The molecule has 0 radical (unpaired) electrons. The highest BCUT2D eigenvalue weighted by Gasteiger charge is 2.29. The lowest BCUT2D eigenvalue weighted by Crippen LogP contribution is -2.41. The van der Waals surface area contributed by atoms with E-state index in [4.69, 9.17) is 5.73 Å². The second kappa shape index (κ2) is 5.83. The SMILES string of the molecule is CC(CN)N(C)S(=O)(=O)CCCC(F)(F)F. The summed E-state index contributed by atoms with van der Waals surface area (Å²) in [6.07, 6.45) is -5.82. The van der Waals surface area contributed by atoms with E-state index in [1.807, 2.05) is 0 Å². The number of alkyl halides is 3. The molecule has 16 heavy (non-hydrogen) atoms. The number of rotatable bonds is 6. The number of nitrogens with two attached hydrogens (primary N) is 1. The summed E-state index contributed by atoms with van der Waals surface area (Å²) in [5.41, 5.74) is 5.28. The van der Waals surface area contributed by atoms with Gasteiger partial charge in [0.25, 0.3) is 0 Å². The molecule has 1 unspecified atom stereocenters. The highest BCUT2D eigenvalue weighted by molar-refractivity contribution is 7.89. The first-order valence-corrected chi connectivity index (χ1v) is 6.43. The molecule has 0 amide bonds. The maximum Gasteiger partial charge on any atom is 0.389 e. The Kier molecular flexibility index (Phi) is 5.71. The second-order valence-electron chi connectivity index (χ2n) is 3.64. The third kappa shape index (κ3) is 5.66. The van der Waals surface area contributed by atoms with Crippen molar-refractivity contribution in [3.63, 3.8) is 0 Å². The van der Waals surface area contributed by atoms with Crippen molar-refractivity contribution in [2.45, 2.75) is 32.0 Å². The van der Waals surface area contributed by atoms with Crippen LogP contribution >= 0.6 is 0 Å². The van der Waals surface area contributed by atoms with E-state index >= 15 is 0 Å². The zero-order valence-electron chi connectivity index (χ0n) is 9.29. The van der Waals surface area contributed by atoms with Crippen molar-refractivity contribution in [1.29, 1.82) is 0 Å². The van der Waals surface area contributed by atoms with E-state index < -0.39 is 40.8 Å². The summed E-state index contributed by atoms with van der Waals surface area (Å²) in [7, 11) is -2.32. The van der Waals surface area contributed by atoms with Crippen LogP contribution in [0.1, 0.15) is 19.8 Å². The first-order chi connectivity index (χ1) is 7.10. The Hall–Kier alpha value is -0.340. The van der Waals surface area contributed by atoms with Gasteiger partial charge in [-0.25, -0.2) is 12.7 Å². The molecule has 0 rings (SSSR count). The van der Waals surface area contributed by atoms with Crippen LogP contribution in [-0.4, -0.2) is 44.3 Å². The number of likely N-dealkylation sites (N-methyl/N-ethyl adjacent to an activating group) is 1. The first-order valence-electron chi connectivity index (χ1n) is 4.82. The van der Waals surface area contributed by atoms with Gasteiger partial charge in [0.2, 0.25) is 10.0 Å². The molecule has 0 aliphatic heterocycles. The fraction of sp³-hybridized carbons (Fsp3) is 1.00. The summed E-state index contributed by atoms with van der Waals surface area (Å²) < 4.78 is 59.5. The van der Waals surface area contributed by atoms with E-state index in [-0.39, 0.29) is 6.54 Å². The van der Waals surface area contributed by atoms with Gasteiger partial charge in [0.05, 0.1) is 5.75 Å². The molecule has 0 bridgehead atoms. The minimum atomic E-state index is -4.31. The van der Waals surface area contributed by atoms with E-state index in [0.717, 1.165) is 4.31 Å². The van der Waals surface area contributed by atoms with Crippen LogP contribution < -0.4 is 5.73 Å². The van der Waals surface area contributed by atoms with Crippen molar-refractivity contribution >= 4 is 10.0 Å². The van der Waals surface area contributed by atoms with Gasteiger partial charge in [0.1, 0.15) is 0 Å². The van der Waals surface area contributed by atoms with Crippen LogP contribution in [0.3, 0.4) is 0 Å². The summed E-state index contributed by atoms with van der Waals surface area (Å²) in [6, 6.07) is -0.407. The van der Waals surface area contributed by atoms with Crippen molar-refractivity contribution in [3.8, 4) is 0 Å². The summed E-state index contributed by atoms with van der Waals surface area (Å²) in [4.78, 5) is 0. The zero-order valence-corrected chi connectivity index (χ0v) is 10.1. The molecule has 4 nitrogen and oxygen atoms in total. The average molecular weight is 262 g/mol. The van der Waals surface area contributed by atoms with Gasteiger partial charge in [-0.1, -0.05) is 0 Å². The maximum absolute atomic E-state index is 11.8. The normalized spacial score (nSPS) is 15.4. The van der Waals surface area contributed by atoms with Crippen molar-refractivity contribution < 1.29 is 21.6 Å². The largest absolute Gasteiger partial charge is 0.389 e. The summed E-state index contributed by atoms with van der Waals surface area (Å²) in [5.74, 6) is -0.507. The predicted octanol–water partition coefficient (Wildman–Crippen LogP) is 0.938. The van der Waals surface area contributed by atoms with Crippen LogP contribution in [0, 0.1) is 0 Å². The lowest BCUT2D eigenvalue weighted by atomic mass is 10.3. The Morgan fingerprint density at radius 1 is 1.38 bits per heavy atom. The minimum Gasteiger partial charge on any atom is -0.329 e. The highest BCUT2D eigenvalue weighted by atomic mass is 32.2. The molecule has 0 spiro atoms. The molecule has 1 atom stereocenters. The summed E-state index contributed by atoms with van der Waals surface area (Å²) in [6.45, 7) is 1.73. The van der Waals surface area contributed by atoms with E-state index in [2.05, 4.69) is 0 Å². The standard InChI is InChI=1S/C8H17F3N2O2S/c1-7(6-12)13(2)16(14,15)5-3-4-8(9,10)11/h7H,3-6,12H2,1-2H3. The van der Waals surface area contributed by atoms with Gasteiger partial charge in [-0.15, -0.1) is 0 Å². The second-order valence-corrected chi connectivity index (χ2v) is 5.78. The third-order valence-electron chi connectivity index (χ3n) is 2.26. The molecule has 98 valence electrons. The Balaban J connectivity index is 4.26. The maximum atomic E-state index is 11.8. The minimum absolute atomic E-state index is 0.134. The quantitative estimate of drug-likeness (QED) is 0.774. The molecule has 0 aromatic rings. The van der Waals surface area contributed by atoms with Crippen molar-refractivity contribution in [1.82, 2.24) is 4.31 Å². The smallest absolute Gasteiger partial charge is 0.329 e. The van der Waals surface area contributed by atoms with Crippen molar-refractivity contribution in [2.24, 2.45) is 5.73 Å². The van der Waals surface area contributed by atoms with Crippen LogP contribution in [0.25, 0.3) is 0 Å². The Bertz CT molecular complexity index is 303. The summed E-state index contributed by atoms with van der Waals surface area (Å²) >= 11 is 0.